The Morgan fingerprint density at radius 3 is 2.33 bits per heavy atom. The molecule has 2 atom stereocenters. The SMILES string of the molecule is OCCCN1C2CCCC1CC2. The summed E-state index contributed by atoms with van der Waals surface area (Å²) in [7, 11) is 0. The van der Waals surface area contributed by atoms with Crippen LogP contribution >= 0.6 is 0 Å². The predicted molar refractivity (Wildman–Crippen MR) is 49.1 cm³/mol. The zero-order chi connectivity index (χ0) is 8.39. The lowest BCUT2D eigenvalue weighted by atomic mass is 10.0. The quantitative estimate of drug-likeness (QED) is 0.690. The van der Waals surface area contributed by atoms with E-state index in [1.807, 2.05) is 0 Å². The zero-order valence-electron chi connectivity index (χ0n) is 7.71. The second-order valence-corrected chi connectivity index (χ2v) is 4.13. The fourth-order valence-corrected chi connectivity index (χ4v) is 2.84. The lowest BCUT2D eigenvalue weighted by Gasteiger charge is -2.34. The van der Waals surface area contributed by atoms with Crippen molar-refractivity contribution in [2.75, 3.05) is 13.2 Å². The van der Waals surface area contributed by atoms with Crippen molar-refractivity contribution in [2.24, 2.45) is 0 Å². The van der Waals surface area contributed by atoms with Gasteiger partial charge in [0.1, 0.15) is 0 Å². The van der Waals surface area contributed by atoms with E-state index in [-0.39, 0.29) is 0 Å². The number of piperidine rings is 1. The molecule has 0 spiro atoms. The monoisotopic (exact) mass is 169 g/mol. The van der Waals surface area contributed by atoms with Gasteiger partial charge in [-0.3, -0.25) is 4.90 Å². The molecule has 70 valence electrons. The van der Waals surface area contributed by atoms with Gasteiger partial charge in [0.05, 0.1) is 0 Å². The molecule has 0 aromatic heterocycles. The molecule has 0 amide bonds. The van der Waals surface area contributed by atoms with Crippen molar-refractivity contribution in [1.82, 2.24) is 4.90 Å². The predicted octanol–water partition coefficient (Wildman–Crippen LogP) is 1.39. The van der Waals surface area contributed by atoms with Crippen LogP contribution in [0.3, 0.4) is 0 Å². The van der Waals surface area contributed by atoms with E-state index in [4.69, 9.17) is 5.11 Å². The molecule has 2 nitrogen and oxygen atoms in total. The molecule has 2 fully saturated rings. The van der Waals surface area contributed by atoms with Crippen LogP contribution in [0, 0.1) is 0 Å². The highest BCUT2D eigenvalue weighted by molar-refractivity contribution is 4.91. The highest BCUT2D eigenvalue weighted by Crippen LogP contribution is 2.35. The van der Waals surface area contributed by atoms with E-state index in [1.54, 1.807) is 0 Å². The van der Waals surface area contributed by atoms with Crippen molar-refractivity contribution < 1.29 is 5.11 Å². The van der Waals surface area contributed by atoms with E-state index < -0.39 is 0 Å². The van der Waals surface area contributed by atoms with Gasteiger partial charge in [-0.15, -0.1) is 0 Å². The molecule has 2 aliphatic rings. The van der Waals surface area contributed by atoms with Gasteiger partial charge < -0.3 is 5.11 Å². The van der Waals surface area contributed by atoms with Gasteiger partial charge in [0.2, 0.25) is 0 Å². The van der Waals surface area contributed by atoms with Gasteiger partial charge in [0.15, 0.2) is 0 Å². The fourth-order valence-electron chi connectivity index (χ4n) is 2.84. The van der Waals surface area contributed by atoms with Crippen molar-refractivity contribution >= 4 is 0 Å². The maximum absolute atomic E-state index is 8.76. The minimum atomic E-state index is 0.357. The van der Waals surface area contributed by atoms with Crippen LogP contribution in [-0.2, 0) is 0 Å². The van der Waals surface area contributed by atoms with Crippen LogP contribution in [0.25, 0.3) is 0 Å². The second kappa shape index (κ2) is 3.75. The second-order valence-electron chi connectivity index (χ2n) is 4.13. The molecule has 0 aromatic rings. The lowest BCUT2D eigenvalue weighted by Crippen LogP contribution is -2.40. The van der Waals surface area contributed by atoms with E-state index in [0.29, 0.717) is 6.61 Å². The van der Waals surface area contributed by atoms with Gasteiger partial charge in [0, 0.05) is 25.2 Å². The van der Waals surface area contributed by atoms with Crippen molar-refractivity contribution in [3.05, 3.63) is 0 Å². The van der Waals surface area contributed by atoms with Gasteiger partial charge in [0.25, 0.3) is 0 Å². The summed E-state index contributed by atoms with van der Waals surface area (Å²) in [5.74, 6) is 0. The molecule has 0 saturated carbocycles. The topological polar surface area (TPSA) is 23.5 Å². The Labute approximate surface area is 74.6 Å². The highest BCUT2D eigenvalue weighted by atomic mass is 16.3. The fraction of sp³-hybridized carbons (Fsp3) is 1.00. The Morgan fingerprint density at radius 1 is 1.08 bits per heavy atom. The summed E-state index contributed by atoms with van der Waals surface area (Å²) in [6, 6.07) is 1.74. The molecule has 2 heteroatoms. The van der Waals surface area contributed by atoms with Gasteiger partial charge in [-0.25, -0.2) is 0 Å². The molecule has 2 aliphatic heterocycles. The standard InChI is InChI=1S/C10H19NO/c12-8-2-7-11-9-3-1-4-10(11)6-5-9/h9-10,12H,1-8H2. The van der Waals surface area contributed by atoms with E-state index in [1.165, 1.54) is 32.1 Å². The lowest BCUT2D eigenvalue weighted by molar-refractivity contribution is 0.128. The number of aliphatic hydroxyl groups is 1. The van der Waals surface area contributed by atoms with E-state index in [0.717, 1.165) is 25.0 Å². The van der Waals surface area contributed by atoms with Crippen LogP contribution in [0.2, 0.25) is 0 Å². The molecule has 12 heavy (non-hydrogen) atoms. The molecule has 2 unspecified atom stereocenters. The summed E-state index contributed by atoms with van der Waals surface area (Å²) in [5.41, 5.74) is 0. The van der Waals surface area contributed by atoms with Gasteiger partial charge in [-0.05, 0) is 32.1 Å². The Hall–Kier alpha value is -0.0800. The first kappa shape index (κ1) is 8.52. The number of aliphatic hydroxyl groups excluding tert-OH is 1. The molecule has 0 aromatic carbocycles. The Bertz CT molecular complexity index is 133. The Morgan fingerprint density at radius 2 is 1.75 bits per heavy atom. The minimum absolute atomic E-state index is 0.357. The van der Waals surface area contributed by atoms with Crippen LogP contribution in [0.5, 0.6) is 0 Å². The highest BCUT2D eigenvalue weighted by Gasteiger charge is 2.35. The van der Waals surface area contributed by atoms with Gasteiger partial charge in [-0.1, -0.05) is 6.42 Å². The minimum Gasteiger partial charge on any atom is -0.396 e. The largest absolute Gasteiger partial charge is 0.396 e. The Kier molecular flexibility index (Phi) is 2.66. The maximum atomic E-state index is 8.76. The smallest absolute Gasteiger partial charge is 0.0443 e. The number of fused-ring (bicyclic) bond motifs is 2. The molecule has 0 radical (unpaired) electrons. The summed E-state index contributed by atoms with van der Waals surface area (Å²) in [6.45, 7) is 1.49. The van der Waals surface area contributed by atoms with Crippen molar-refractivity contribution in [1.29, 1.82) is 0 Å². The zero-order valence-corrected chi connectivity index (χ0v) is 7.71. The average molecular weight is 169 g/mol. The van der Waals surface area contributed by atoms with Gasteiger partial charge >= 0.3 is 0 Å². The number of nitrogens with zero attached hydrogens (tertiary/aromatic N) is 1. The summed E-state index contributed by atoms with van der Waals surface area (Å²) >= 11 is 0. The third-order valence-corrected chi connectivity index (χ3v) is 3.42. The molecule has 2 rings (SSSR count). The number of hydrogen-bond acceptors (Lipinski definition) is 2. The normalized spacial score (nSPS) is 35.8. The number of hydrogen-bond donors (Lipinski definition) is 1. The Balaban J connectivity index is 1.87. The summed E-state index contributed by atoms with van der Waals surface area (Å²) in [5, 5.41) is 8.76. The third kappa shape index (κ3) is 1.50. The van der Waals surface area contributed by atoms with Crippen molar-refractivity contribution in [3.63, 3.8) is 0 Å². The van der Waals surface area contributed by atoms with E-state index >= 15 is 0 Å². The summed E-state index contributed by atoms with van der Waals surface area (Å²) in [4.78, 5) is 2.64. The molecule has 2 saturated heterocycles. The first-order chi connectivity index (χ1) is 5.92. The van der Waals surface area contributed by atoms with Gasteiger partial charge in [-0.2, -0.15) is 0 Å². The molecule has 2 heterocycles. The molecule has 2 bridgehead atoms. The van der Waals surface area contributed by atoms with Crippen molar-refractivity contribution in [2.45, 2.75) is 50.6 Å². The van der Waals surface area contributed by atoms with Crippen LogP contribution in [0.15, 0.2) is 0 Å². The van der Waals surface area contributed by atoms with Crippen LogP contribution in [0.4, 0.5) is 0 Å². The van der Waals surface area contributed by atoms with Crippen LogP contribution < -0.4 is 0 Å². The molecular formula is C10H19NO. The summed E-state index contributed by atoms with van der Waals surface area (Å²) in [6.07, 6.45) is 8.04. The van der Waals surface area contributed by atoms with Crippen LogP contribution in [0.1, 0.15) is 38.5 Å². The third-order valence-electron chi connectivity index (χ3n) is 3.42. The molecular weight excluding hydrogens is 150 g/mol. The molecule has 0 aliphatic carbocycles. The first-order valence-electron chi connectivity index (χ1n) is 5.28. The van der Waals surface area contributed by atoms with Crippen LogP contribution in [-0.4, -0.2) is 35.2 Å². The first-order valence-corrected chi connectivity index (χ1v) is 5.28. The average Bonchev–Trinajstić information content (AvgIpc) is 2.36. The summed E-state index contributed by atoms with van der Waals surface area (Å²) < 4.78 is 0. The number of rotatable bonds is 3. The van der Waals surface area contributed by atoms with E-state index in [2.05, 4.69) is 4.90 Å². The maximum Gasteiger partial charge on any atom is 0.0443 e. The van der Waals surface area contributed by atoms with E-state index in [9.17, 15) is 0 Å². The molecule has 1 N–H and O–H groups in total. The van der Waals surface area contributed by atoms with Crippen molar-refractivity contribution in [3.8, 4) is 0 Å².